The van der Waals surface area contributed by atoms with Crippen molar-refractivity contribution < 1.29 is 0 Å². The summed E-state index contributed by atoms with van der Waals surface area (Å²) in [5.41, 5.74) is 2.74. The van der Waals surface area contributed by atoms with Gasteiger partial charge in [0.05, 0.1) is 0 Å². The highest BCUT2D eigenvalue weighted by Gasteiger charge is 2.10. The van der Waals surface area contributed by atoms with Crippen molar-refractivity contribution in [2.45, 2.75) is 26.4 Å². The van der Waals surface area contributed by atoms with Gasteiger partial charge in [-0.3, -0.25) is 0 Å². The zero-order valence-electron chi connectivity index (χ0n) is 10.8. The fraction of sp³-hybridized carbons (Fsp3) is 0.571. The first-order chi connectivity index (χ1) is 8.25. The quantitative estimate of drug-likeness (QED) is 0.884. The first-order valence-corrected chi connectivity index (χ1v) is 7.56. The summed E-state index contributed by atoms with van der Waals surface area (Å²) in [5.74, 6) is 2.52. The summed E-state index contributed by atoms with van der Waals surface area (Å²) in [6.45, 7) is 7.70. The summed E-state index contributed by atoms with van der Waals surface area (Å²) >= 11 is 2.06. The predicted molar refractivity (Wildman–Crippen MR) is 78.0 cm³/mol. The number of anilines is 1. The molecule has 0 bridgehead atoms. The third kappa shape index (κ3) is 3.93. The van der Waals surface area contributed by atoms with Crippen LogP contribution in [0.25, 0.3) is 0 Å². The normalized spacial score (nSPS) is 16.5. The lowest BCUT2D eigenvalue weighted by atomic mass is 10.2. The van der Waals surface area contributed by atoms with Gasteiger partial charge in [-0.25, -0.2) is 0 Å². The van der Waals surface area contributed by atoms with Crippen LogP contribution in [0.1, 0.15) is 19.4 Å². The number of thioether (sulfide) groups is 1. The second-order valence-electron chi connectivity index (χ2n) is 4.80. The first kappa shape index (κ1) is 12.8. The summed E-state index contributed by atoms with van der Waals surface area (Å²) < 4.78 is 0. The van der Waals surface area contributed by atoms with Crippen LogP contribution in [-0.4, -0.2) is 30.6 Å². The average molecular weight is 250 g/mol. The van der Waals surface area contributed by atoms with Gasteiger partial charge in [0.25, 0.3) is 0 Å². The van der Waals surface area contributed by atoms with Gasteiger partial charge < -0.3 is 10.2 Å². The molecule has 17 heavy (non-hydrogen) atoms. The van der Waals surface area contributed by atoms with Crippen molar-refractivity contribution in [3.05, 3.63) is 29.8 Å². The molecule has 1 N–H and O–H groups in total. The van der Waals surface area contributed by atoms with Crippen molar-refractivity contribution in [3.8, 4) is 0 Å². The minimum absolute atomic E-state index is 0.550. The SMILES string of the molecule is CC(C)NCc1ccc(N2CCSCC2)cc1. The number of nitrogens with zero attached hydrogens (tertiary/aromatic N) is 1. The van der Waals surface area contributed by atoms with Gasteiger partial charge in [-0.05, 0) is 17.7 Å². The Bertz CT molecular complexity index is 329. The molecule has 0 amide bonds. The van der Waals surface area contributed by atoms with Crippen LogP contribution in [0.4, 0.5) is 5.69 Å². The topological polar surface area (TPSA) is 15.3 Å². The average Bonchev–Trinajstić information content (AvgIpc) is 2.38. The van der Waals surface area contributed by atoms with Crippen LogP contribution < -0.4 is 10.2 Å². The van der Waals surface area contributed by atoms with E-state index < -0.39 is 0 Å². The van der Waals surface area contributed by atoms with Crippen LogP contribution in [0.2, 0.25) is 0 Å². The van der Waals surface area contributed by atoms with E-state index in [1.165, 1.54) is 35.8 Å². The number of rotatable bonds is 4. The molecule has 1 heterocycles. The van der Waals surface area contributed by atoms with Crippen LogP contribution in [0.15, 0.2) is 24.3 Å². The molecule has 0 aliphatic carbocycles. The second kappa shape index (κ2) is 6.31. The van der Waals surface area contributed by atoms with Gasteiger partial charge in [-0.2, -0.15) is 11.8 Å². The van der Waals surface area contributed by atoms with Crippen molar-refractivity contribution in [1.82, 2.24) is 5.32 Å². The van der Waals surface area contributed by atoms with E-state index in [0.717, 1.165) is 6.54 Å². The number of benzene rings is 1. The summed E-state index contributed by atoms with van der Waals surface area (Å²) in [5, 5.41) is 3.44. The van der Waals surface area contributed by atoms with E-state index in [-0.39, 0.29) is 0 Å². The number of nitrogens with one attached hydrogen (secondary N) is 1. The molecule has 0 aromatic heterocycles. The van der Waals surface area contributed by atoms with Gasteiger partial charge in [0, 0.05) is 42.9 Å². The molecule has 1 aromatic rings. The molecule has 1 saturated heterocycles. The Kier molecular flexibility index (Phi) is 4.75. The van der Waals surface area contributed by atoms with Crippen molar-refractivity contribution in [1.29, 1.82) is 0 Å². The fourth-order valence-electron chi connectivity index (χ4n) is 1.97. The standard InChI is InChI=1S/C14H22N2S/c1-12(2)15-11-13-3-5-14(6-4-13)16-7-9-17-10-8-16/h3-6,12,15H,7-11H2,1-2H3. The third-order valence-electron chi connectivity index (χ3n) is 3.03. The maximum atomic E-state index is 3.44. The van der Waals surface area contributed by atoms with E-state index >= 15 is 0 Å². The minimum Gasteiger partial charge on any atom is -0.370 e. The fourth-order valence-corrected chi connectivity index (χ4v) is 2.87. The second-order valence-corrected chi connectivity index (χ2v) is 6.03. The lowest BCUT2D eigenvalue weighted by molar-refractivity contribution is 0.589. The van der Waals surface area contributed by atoms with Crippen LogP contribution in [-0.2, 0) is 6.54 Å². The summed E-state index contributed by atoms with van der Waals surface area (Å²) in [6, 6.07) is 9.55. The van der Waals surface area contributed by atoms with Gasteiger partial charge in [-0.1, -0.05) is 26.0 Å². The lowest BCUT2D eigenvalue weighted by Crippen LogP contribution is -2.32. The zero-order valence-corrected chi connectivity index (χ0v) is 11.6. The smallest absolute Gasteiger partial charge is 0.0366 e. The Morgan fingerprint density at radius 3 is 2.41 bits per heavy atom. The molecule has 1 aromatic carbocycles. The van der Waals surface area contributed by atoms with E-state index in [1.807, 2.05) is 0 Å². The monoisotopic (exact) mass is 250 g/mol. The van der Waals surface area contributed by atoms with Gasteiger partial charge >= 0.3 is 0 Å². The van der Waals surface area contributed by atoms with E-state index in [4.69, 9.17) is 0 Å². The molecular weight excluding hydrogens is 228 g/mol. The number of hydrogen-bond donors (Lipinski definition) is 1. The molecule has 2 rings (SSSR count). The van der Waals surface area contributed by atoms with Crippen LogP contribution in [0, 0.1) is 0 Å². The maximum absolute atomic E-state index is 3.44. The molecular formula is C14H22N2S. The molecule has 0 unspecified atom stereocenters. The highest BCUT2D eigenvalue weighted by atomic mass is 32.2. The largest absolute Gasteiger partial charge is 0.370 e. The highest BCUT2D eigenvalue weighted by molar-refractivity contribution is 7.99. The first-order valence-electron chi connectivity index (χ1n) is 6.41. The molecule has 0 atom stereocenters. The van der Waals surface area contributed by atoms with E-state index in [0.29, 0.717) is 6.04 Å². The Morgan fingerprint density at radius 2 is 1.82 bits per heavy atom. The maximum Gasteiger partial charge on any atom is 0.0366 e. The van der Waals surface area contributed by atoms with Crippen molar-refractivity contribution in [2.75, 3.05) is 29.5 Å². The van der Waals surface area contributed by atoms with Gasteiger partial charge in [0.1, 0.15) is 0 Å². The molecule has 1 fully saturated rings. The molecule has 0 saturated carbocycles. The summed E-state index contributed by atoms with van der Waals surface area (Å²) in [6.07, 6.45) is 0. The van der Waals surface area contributed by atoms with E-state index in [2.05, 4.69) is 60.1 Å². The van der Waals surface area contributed by atoms with E-state index in [1.54, 1.807) is 0 Å². The van der Waals surface area contributed by atoms with Gasteiger partial charge in [0.2, 0.25) is 0 Å². The molecule has 0 spiro atoms. The minimum atomic E-state index is 0.550. The van der Waals surface area contributed by atoms with Crippen molar-refractivity contribution >= 4 is 17.4 Å². The molecule has 1 aliphatic rings. The molecule has 94 valence electrons. The van der Waals surface area contributed by atoms with Crippen molar-refractivity contribution in [2.24, 2.45) is 0 Å². The van der Waals surface area contributed by atoms with Crippen LogP contribution >= 0.6 is 11.8 Å². The molecule has 2 nitrogen and oxygen atoms in total. The Labute approximate surface area is 109 Å². The Balaban J connectivity index is 1.92. The number of hydrogen-bond acceptors (Lipinski definition) is 3. The van der Waals surface area contributed by atoms with Crippen LogP contribution in [0.5, 0.6) is 0 Å². The molecule has 0 radical (unpaired) electrons. The van der Waals surface area contributed by atoms with E-state index in [9.17, 15) is 0 Å². The summed E-state index contributed by atoms with van der Waals surface area (Å²) in [7, 11) is 0. The van der Waals surface area contributed by atoms with Gasteiger partial charge in [-0.15, -0.1) is 0 Å². The highest BCUT2D eigenvalue weighted by Crippen LogP contribution is 2.19. The molecule has 1 aliphatic heterocycles. The summed E-state index contributed by atoms with van der Waals surface area (Å²) in [4.78, 5) is 2.48. The Morgan fingerprint density at radius 1 is 1.18 bits per heavy atom. The zero-order chi connectivity index (χ0) is 12.1. The third-order valence-corrected chi connectivity index (χ3v) is 3.97. The van der Waals surface area contributed by atoms with Crippen molar-refractivity contribution in [3.63, 3.8) is 0 Å². The Hall–Kier alpha value is -0.670. The van der Waals surface area contributed by atoms with Gasteiger partial charge in [0.15, 0.2) is 0 Å². The lowest BCUT2D eigenvalue weighted by Gasteiger charge is -2.28. The van der Waals surface area contributed by atoms with Crippen LogP contribution in [0.3, 0.4) is 0 Å². The molecule has 3 heteroatoms. The predicted octanol–water partition coefficient (Wildman–Crippen LogP) is 2.74.